The fraction of sp³-hybridized carbons (Fsp3) is 0.194. The van der Waals surface area contributed by atoms with Gasteiger partial charge in [-0.25, -0.2) is 9.97 Å². The van der Waals surface area contributed by atoms with Gasteiger partial charge in [0.25, 0.3) is 0 Å². The van der Waals surface area contributed by atoms with Gasteiger partial charge in [0.15, 0.2) is 0 Å². The molecule has 134 heavy (non-hydrogen) atoms. The van der Waals surface area contributed by atoms with Crippen molar-refractivity contribution in [1.82, 2.24) is 29.9 Å². The maximum atomic E-state index is 5.65. The summed E-state index contributed by atoms with van der Waals surface area (Å²) in [6, 6.07) is 130. The summed E-state index contributed by atoms with van der Waals surface area (Å²) >= 11 is 0. The summed E-state index contributed by atoms with van der Waals surface area (Å²) in [5.41, 5.74) is 31.7. The number of nitrogens with zero attached hydrogens (tertiary/aromatic N) is 8. The number of pyridine rings is 4. The fourth-order valence-corrected chi connectivity index (χ4v) is 18.4. The van der Waals surface area contributed by atoms with Crippen LogP contribution in [-0.4, -0.2) is 19.9 Å². The molecule has 0 N–H and O–H groups in total. The molecule has 0 spiro atoms. The van der Waals surface area contributed by atoms with E-state index in [-0.39, 0.29) is 63.8 Å². The van der Waals surface area contributed by atoms with E-state index < -0.39 is 0 Å². The Morgan fingerprint density at radius 3 is 1.10 bits per heavy atom. The summed E-state index contributed by atoms with van der Waals surface area (Å²) in [4.78, 5) is 36.3. The molecule has 6 heterocycles. The van der Waals surface area contributed by atoms with Crippen molar-refractivity contribution in [3.8, 4) is 89.5 Å². The van der Waals surface area contributed by atoms with Gasteiger partial charge in [0.1, 0.15) is 11.6 Å². The number of fused-ring (bicyclic) bond motifs is 8. The van der Waals surface area contributed by atoms with Crippen molar-refractivity contribution in [3.05, 3.63) is 398 Å². The molecule has 0 aliphatic carbocycles. The van der Waals surface area contributed by atoms with Crippen LogP contribution >= 0.6 is 0 Å². The first-order valence-corrected chi connectivity index (χ1v) is 46.5. The zero-order valence-corrected chi connectivity index (χ0v) is 83.8. The molecule has 0 fully saturated rings. The standard InChI is InChI=1S/C64H52N4.C60H60N4.2Pt/c1-63(2,3)50-33-47(34-51(41-50)64(4,5)6)49-39-58(46-25-17-26-52(35-46)68(61-29-15-16-32-65-61)60-28-18-24-44-23-13-14-27-53(44)60)66-59(40-49)56-38-48(43-21-11-8-12-22-43)37-55-54-36-45(42-19-9-7-10-20-42)30-31-57(54)67-62(55)56;1-38(2)27-40-24-25-53-50(29-40)51-30-41(28-39(3)4)31-52(58(51)63-53)55-36-45(44-32-46(59(5,6)7)37-47(33-44)60(8,9)10)35-54(62-55)43-19-15-20-48(34-43)64(57-23-13-14-26-61-57)56-22-16-18-42-17-11-12-21-49(42)56;;/h7-34,36-41H,1-6H3;11-26,29-33,35-39H,27-28H2,1-10H3;;/q2*-2;2*+2. The predicted octanol–water partition coefficient (Wildman–Crippen LogP) is 33.2. The van der Waals surface area contributed by atoms with E-state index in [0.717, 1.165) is 175 Å². The maximum absolute atomic E-state index is 5.65. The van der Waals surface area contributed by atoms with Crippen molar-refractivity contribution in [2.75, 3.05) is 9.80 Å². The molecule has 0 radical (unpaired) electrons. The first-order valence-electron chi connectivity index (χ1n) is 46.5. The van der Waals surface area contributed by atoms with Crippen LogP contribution in [0.25, 0.3) is 155 Å². The van der Waals surface area contributed by atoms with Gasteiger partial charge in [-0.3, -0.25) is 9.97 Å². The Balaban J connectivity index is 0.000000184. The number of aromatic nitrogens is 6. The number of rotatable bonds is 18. The number of hydrogen-bond acceptors (Lipinski definition) is 6. The molecular formula is C124H112N8Pt2. The number of hydrogen-bond donors (Lipinski definition) is 0. The molecular weight excluding hydrogens is 1990 g/mol. The Labute approximate surface area is 819 Å². The molecule has 0 saturated heterocycles. The van der Waals surface area contributed by atoms with Crippen LogP contribution in [0.5, 0.6) is 0 Å². The zero-order valence-electron chi connectivity index (χ0n) is 79.3. The van der Waals surface area contributed by atoms with Gasteiger partial charge < -0.3 is 19.8 Å². The minimum atomic E-state index is -0.0680. The van der Waals surface area contributed by atoms with Crippen LogP contribution in [0, 0.1) is 24.0 Å². The molecule has 668 valence electrons. The number of anilines is 6. The van der Waals surface area contributed by atoms with Gasteiger partial charge in [0.05, 0.1) is 22.8 Å². The molecule has 0 aliphatic rings. The summed E-state index contributed by atoms with van der Waals surface area (Å²) in [7, 11) is 0. The molecule has 14 aromatic carbocycles. The zero-order chi connectivity index (χ0) is 91.5. The summed E-state index contributed by atoms with van der Waals surface area (Å²) in [5, 5.41) is 9.22. The van der Waals surface area contributed by atoms with Crippen LogP contribution in [0.2, 0.25) is 0 Å². The van der Waals surface area contributed by atoms with Gasteiger partial charge in [-0.2, -0.15) is 0 Å². The van der Waals surface area contributed by atoms with E-state index in [9.17, 15) is 0 Å². The van der Waals surface area contributed by atoms with Crippen LogP contribution in [0.4, 0.5) is 34.4 Å². The largest absolute Gasteiger partial charge is 2.00 e. The molecule has 10 heteroatoms. The Morgan fingerprint density at radius 2 is 0.649 bits per heavy atom. The van der Waals surface area contributed by atoms with Crippen LogP contribution in [0.15, 0.2) is 352 Å². The molecule has 0 atom stereocenters. The van der Waals surface area contributed by atoms with Gasteiger partial charge in [-0.15, -0.1) is 81.7 Å². The first-order chi connectivity index (χ1) is 63.5. The average Bonchev–Trinajstić information content (AvgIpc) is 1.62. The first kappa shape index (κ1) is 92.6. The monoisotopic (exact) mass is 2100 g/mol. The molecule has 0 bridgehead atoms. The van der Waals surface area contributed by atoms with Crippen molar-refractivity contribution in [3.63, 3.8) is 0 Å². The minimum Gasteiger partial charge on any atom is -0.656 e. The van der Waals surface area contributed by atoms with E-state index in [1.54, 1.807) is 0 Å². The predicted molar refractivity (Wildman–Crippen MR) is 558 cm³/mol. The second-order valence-corrected chi connectivity index (χ2v) is 40.5. The third-order valence-corrected chi connectivity index (χ3v) is 25.4. The van der Waals surface area contributed by atoms with E-state index in [1.807, 2.05) is 36.7 Å². The van der Waals surface area contributed by atoms with E-state index >= 15 is 0 Å². The Morgan fingerprint density at radius 1 is 0.284 bits per heavy atom. The van der Waals surface area contributed by atoms with E-state index in [1.165, 1.54) is 60.7 Å². The van der Waals surface area contributed by atoms with Gasteiger partial charge in [0, 0.05) is 23.2 Å². The van der Waals surface area contributed by atoms with Crippen molar-refractivity contribution < 1.29 is 42.1 Å². The summed E-state index contributed by atoms with van der Waals surface area (Å²) in [6.45, 7) is 36.8. The van der Waals surface area contributed by atoms with Crippen molar-refractivity contribution >= 4 is 99.5 Å². The Kier molecular flexibility index (Phi) is 26.3. The van der Waals surface area contributed by atoms with Crippen molar-refractivity contribution in [2.24, 2.45) is 11.8 Å². The van der Waals surface area contributed by atoms with Crippen LogP contribution in [-0.2, 0) is 76.6 Å². The molecule has 0 aliphatic heterocycles. The molecule has 0 saturated carbocycles. The molecule has 0 unspecified atom stereocenters. The molecule has 20 rings (SSSR count). The maximum Gasteiger partial charge on any atom is 2.00 e. The topological polar surface area (TPSA) is 86.2 Å². The smallest absolute Gasteiger partial charge is 0.656 e. The third kappa shape index (κ3) is 19.5. The van der Waals surface area contributed by atoms with Crippen LogP contribution in [0.1, 0.15) is 144 Å². The van der Waals surface area contributed by atoms with Gasteiger partial charge >= 0.3 is 42.1 Å². The molecule has 0 amide bonds. The fourth-order valence-electron chi connectivity index (χ4n) is 18.4. The minimum absolute atomic E-state index is 0. The van der Waals surface area contributed by atoms with Crippen molar-refractivity contribution in [2.45, 2.75) is 145 Å². The molecule has 8 nitrogen and oxygen atoms in total. The molecule has 6 aromatic heterocycles. The van der Waals surface area contributed by atoms with Crippen LogP contribution < -0.4 is 19.8 Å². The van der Waals surface area contributed by atoms with E-state index in [4.69, 9.17) is 29.9 Å². The van der Waals surface area contributed by atoms with Gasteiger partial charge in [0.2, 0.25) is 0 Å². The van der Waals surface area contributed by atoms with Crippen molar-refractivity contribution in [1.29, 1.82) is 0 Å². The summed E-state index contributed by atoms with van der Waals surface area (Å²) in [6.07, 6.45) is 5.70. The summed E-state index contributed by atoms with van der Waals surface area (Å²) in [5.74, 6) is 2.68. The normalized spacial score (nSPS) is 12.0. The van der Waals surface area contributed by atoms with E-state index in [2.05, 4.69) is 448 Å². The second kappa shape index (κ2) is 38.0. The Bertz CT molecular complexity index is 7620. The van der Waals surface area contributed by atoms with E-state index in [0.29, 0.717) is 11.8 Å². The average molecular weight is 2100 g/mol. The van der Waals surface area contributed by atoms with Gasteiger partial charge in [-0.05, 0) is 257 Å². The Hall–Kier alpha value is -13.2. The van der Waals surface area contributed by atoms with Gasteiger partial charge in [-0.1, -0.05) is 347 Å². The summed E-state index contributed by atoms with van der Waals surface area (Å²) < 4.78 is 0. The third-order valence-electron chi connectivity index (χ3n) is 25.4. The number of benzene rings is 14. The molecule has 20 aromatic rings. The second-order valence-electron chi connectivity index (χ2n) is 40.5. The SMILES string of the molecule is CC(C)(C)c1cc(-c2cc(-c3[c-]c(N(c4ccccn4)c4cccc5ccccc45)ccc3)nc(-c3cc(-c4ccccc4)cc4c3[n-]c3ccc(-c5ccccc5)cc34)c2)cc(C(C)(C)C)c1.CC(C)Cc1ccc2[n-]c3c(-c4cc(-c5cc(C(C)(C)C)cc(C(C)(C)C)c5)cc(-c5[c-]c(N(c6ccccn6)c6cccc7ccccc67)ccc5)n4)cc(CC(C)C)cc3c2c1.[Pt+2].[Pt+2]. The quantitative estimate of drug-likeness (QED) is 0.0786. The van der Waals surface area contributed by atoms with Crippen LogP contribution in [0.3, 0.4) is 0 Å².